The molecule has 3 heteroatoms. The number of piperidine rings is 1. The second-order valence-corrected chi connectivity index (χ2v) is 4.87. The van der Waals surface area contributed by atoms with Crippen LogP contribution in [0, 0.1) is 6.92 Å². The lowest BCUT2D eigenvalue weighted by molar-refractivity contribution is -0.129. The summed E-state index contributed by atoms with van der Waals surface area (Å²) in [5.74, 6) is 1.72. The Morgan fingerprint density at radius 1 is 1.50 bits per heavy atom. The van der Waals surface area contributed by atoms with Crippen molar-refractivity contribution in [2.45, 2.75) is 45.6 Å². The monoisotopic (exact) mass is 247 g/mol. The van der Waals surface area contributed by atoms with Crippen molar-refractivity contribution in [1.82, 2.24) is 4.90 Å². The summed E-state index contributed by atoms with van der Waals surface area (Å²) >= 11 is 0. The molecule has 18 heavy (non-hydrogen) atoms. The number of nitrogens with zero attached hydrogens (tertiary/aromatic N) is 1. The number of hydrogen-bond acceptors (Lipinski definition) is 2. The molecule has 0 N–H and O–H groups in total. The SMILES string of the molecule is CCC1CCCCN1C(=O)/C=C/c1ccc(C)o1. The molecule has 1 atom stereocenters. The zero-order valence-corrected chi connectivity index (χ0v) is 11.2. The molecule has 0 aromatic carbocycles. The van der Waals surface area contributed by atoms with Gasteiger partial charge in [-0.15, -0.1) is 0 Å². The minimum Gasteiger partial charge on any atom is -0.462 e. The number of aryl methyl sites for hydroxylation is 1. The summed E-state index contributed by atoms with van der Waals surface area (Å²) in [6.07, 6.45) is 7.93. The maximum atomic E-state index is 12.1. The number of rotatable bonds is 3. The van der Waals surface area contributed by atoms with Crippen molar-refractivity contribution < 1.29 is 9.21 Å². The molecule has 1 aromatic rings. The molecule has 1 aromatic heterocycles. The summed E-state index contributed by atoms with van der Waals surface area (Å²) in [7, 11) is 0. The van der Waals surface area contributed by atoms with Crippen molar-refractivity contribution in [1.29, 1.82) is 0 Å². The smallest absolute Gasteiger partial charge is 0.246 e. The summed E-state index contributed by atoms with van der Waals surface area (Å²) in [6.45, 7) is 4.94. The highest BCUT2D eigenvalue weighted by atomic mass is 16.3. The van der Waals surface area contributed by atoms with Crippen molar-refractivity contribution in [2.24, 2.45) is 0 Å². The fourth-order valence-electron chi connectivity index (χ4n) is 2.51. The van der Waals surface area contributed by atoms with Gasteiger partial charge in [0.25, 0.3) is 0 Å². The molecule has 2 rings (SSSR count). The zero-order valence-electron chi connectivity index (χ0n) is 11.2. The van der Waals surface area contributed by atoms with E-state index in [0.717, 1.165) is 37.3 Å². The summed E-state index contributed by atoms with van der Waals surface area (Å²) in [6, 6.07) is 4.20. The van der Waals surface area contributed by atoms with Gasteiger partial charge in [-0.05, 0) is 50.8 Å². The fraction of sp³-hybridized carbons (Fsp3) is 0.533. The van der Waals surface area contributed by atoms with E-state index in [4.69, 9.17) is 4.42 Å². The molecule has 0 aliphatic carbocycles. The molecular weight excluding hydrogens is 226 g/mol. The maximum absolute atomic E-state index is 12.1. The van der Waals surface area contributed by atoms with Gasteiger partial charge in [-0.3, -0.25) is 4.79 Å². The van der Waals surface area contributed by atoms with E-state index in [1.54, 1.807) is 12.2 Å². The molecule has 1 saturated heterocycles. The van der Waals surface area contributed by atoms with E-state index in [0.29, 0.717) is 6.04 Å². The molecular formula is C15H21NO2. The number of amides is 1. The van der Waals surface area contributed by atoms with Gasteiger partial charge in [0.2, 0.25) is 5.91 Å². The van der Waals surface area contributed by atoms with Crippen LogP contribution in [0.1, 0.15) is 44.1 Å². The minimum absolute atomic E-state index is 0.107. The third-order valence-electron chi connectivity index (χ3n) is 3.53. The van der Waals surface area contributed by atoms with E-state index < -0.39 is 0 Å². The predicted octanol–water partition coefficient (Wildman–Crippen LogP) is 3.39. The Hall–Kier alpha value is -1.51. The molecule has 3 nitrogen and oxygen atoms in total. The van der Waals surface area contributed by atoms with Crippen LogP contribution in [0.4, 0.5) is 0 Å². The topological polar surface area (TPSA) is 33.5 Å². The highest BCUT2D eigenvalue weighted by Gasteiger charge is 2.23. The van der Waals surface area contributed by atoms with Crippen molar-refractivity contribution in [3.63, 3.8) is 0 Å². The molecule has 1 fully saturated rings. The lowest BCUT2D eigenvalue weighted by Crippen LogP contribution is -2.42. The van der Waals surface area contributed by atoms with E-state index in [1.807, 2.05) is 24.0 Å². The first kappa shape index (κ1) is 12.9. The Kier molecular flexibility index (Phi) is 4.24. The van der Waals surface area contributed by atoms with Gasteiger partial charge in [0.1, 0.15) is 11.5 Å². The summed E-state index contributed by atoms with van der Waals surface area (Å²) in [5.41, 5.74) is 0. The maximum Gasteiger partial charge on any atom is 0.246 e. The average Bonchev–Trinajstić information content (AvgIpc) is 2.81. The molecule has 0 spiro atoms. The Morgan fingerprint density at radius 3 is 3.00 bits per heavy atom. The highest BCUT2D eigenvalue weighted by Crippen LogP contribution is 2.20. The molecule has 1 amide bonds. The number of likely N-dealkylation sites (tertiary alicyclic amines) is 1. The molecule has 1 aliphatic heterocycles. The van der Waals surface area contributed by atoms with Crippen molar-refractivity contribution in [3.05, 3.63) is 29.7 Å². The van der Waals surface area contributed by atoms with Gasteiger partial charge >= 0.3 is 0 Å². The van der Waals surface area contributed by atoms with Gasteiger partial charge < -0.3 is 9.32 Å². The van der Waals surface area contributed by atoms with E-state index >= 15 is 0 Å². The molecule has 1 unspecified atom stereocenters. The molecule has 0 radical (unpaired) electrons. The van der Waals surface area contributed by atoms with E-state index in [2.05, 4.69) is 6.92 Å². The van der Waals surface area contributed by atoms with Gasteiger partial charge in [-0.2, -0.15) is 0 Å². The minimum atomic E-state index is 0.107. The van der Waals surface area contributed by atoms with Crippen LogP contribution in [0.5, 0.6) is 0 Å². The van der Waals surface area contributed by atoms with Gasteiger partial charge in [0.05, 0.1) is 0 Å². The van der Waals surface area contributed by atoms with Crippen LogP contribution in [0.25, 0.3) is 6.08 Å². The quantitative estimate of drug-likeness (QED) is 0.767. The molecule has 0 bridgehead atoms. The van der Waals surface area contributed by atoms with E-state index in [1.165, 1.54) is 6.42 Å². The van der Waals surface area contributed by atoms with E-state index in [-0.39, 0.29) is 5.91 Å². The Labute approximate surface area is 108 Å². The third-order valence-corrected chi connectivity index (χ3v) is 3.53. The van der Waals surface area contributed by atoms with Crippen molar-refractivity contribution in [3.8, 4) is 0 Å². The van der Waals surface area contributed by atoms with Gasteiger partial charge in [-0.25, -0.2) is 0 Å². The Bertz CT molecular complexity index is 433. The summed E-state index contributed by atoms with van der Waals surface area (Å²) in [5, 5.41) is 0. The first-order valence-electron chi connectivity index (χ1n) is 6.76. The summed E-state index contributed by atoms with van der Waals surface area (Å²) < 4.78 is 5.42. The van der Waals surface area contributed by atoms with Crippen LogP contribution in [0.3, 0.4) is 0 Å². The molecule has 2 heterocycles. The third kappa shape index (κ3) is 3.03. The lowest BCUT2D eigenvalue weighted by Gasteiger charge is -2.34. The standard InChI is InChI=1S/C15H21NO2/c1-3-13-6-4-5-11-16(13)15(17)10-9-14-8-7-12(2)18-14/h7-10,13H,3-6,11H2,1-2H3/b10-9+. The fourth-order valence-corrected chi connectivity index (χ4v) is 2.51. The molecule has 0 saturated carbocycles. The van der Waals surface area contributed by atoms with Gasteiger partial charge in [0, 0.05) is 18.7 Å². The van der Waals surface area contributed by atoms with Crippen molar-refractivity contribution >= 4 is 12.0 Å². The number of carbonyl (C=O) groups excluding carboxylic acids is 1. The first-order chi connectivity index (χ1) is 8.70. The predicted molar refractivity (Wildman–Crippen MR) is 72.1 cm³/mol. The number of hydrogen-bond donors (Lipinski definition) is 0. The lowest BCUT2D eigenvalue weighted by atomic mass is 10.00. The van der Waals surface area contributed by atoms with Crippen LogP contribution in [0.15, 0.2) is 22.6 Å². The van der Waals surface area contributed by atoms with Gasteiger partial charge in [-0.1, -0.05) is 6.92 Å². The largest absolute Gasteiger partial charge is 0.462 e. The zero-order chi connectivity index (χ0) is 13.0. The molecule has 98 valence electrons. The van der Waals surface area contributed by atoms with Crippen LogP contribution in [-0.2, 0) is 4.79 Å². The first-order valence-corrected chi connectivity index (χ1v) is 6.76. The Balaban J connectivity index is 2.00. The van der Waals surface area contributed by atoms with E-state index in [9.17, 15) is 4.79 Å². The normalized spacial score (nSPS) is 20.6. The van der Waals surface area contributed by atoms with Crippen LogP contribution >= 0.6 is 0 Å². The van der Waals surface area contributed by atoms with Gasteiger partial charge in [0.15, 0.2) is 0 Å². The van der Waals surface area contributed by atoms with Crippen LogP contribution in [-0.4, -0.2) is 23.4 Å². The summed E-state index contributed by atoms with van der Waals surface area (Å²) in [4.78, 5) is 14.1. The van der Waals surface area contributed by atoms with Crippen LogP contribution < -0.4 is 0 Å². The molecule has 1 aliphatic rings. The number of carbonyl (C=O) groups is 1. The van der Waals surface area contributed by atoms with Crippen LogP contribution in [0.2, 0.25) is 0 Å². The number of furan rings is 1. The second-order valence-electron chi connectivity index (χ2n) is 4.87. The Morgan fingerprint density at radius 2 is 2.33 bits per heavy atom. The van der Waals surface area contributed by atoms with Crippen molar-refractivity contribution in [2.75, 3.05) is 6.54 Å². The second kappa shape index (κ2) is 5.89. The highest BCUT2D eigenvalue weighted by molar-refractivity contribution is 5.91. The average molecular weight is 247 g/mol.